The van der Waals surface area contributed by atoms with Gasteiger partial charge in [0.25, 0.3) is 0 Å². The zero-order valence-electron chi connectivity index (χ0n) is 11.6. The van der Waals surface area contributed by atoms with Crippen molar-refractivity contribution in [1.82, 2.24) is 10.2 Å². The summed E-state index contributed by atoms with van der Waals surface area (Å²) in [6.45, 7) is 3.31. The fraction of sp³-hybridized carbons (Fsp3) is 0.533. The van der Waals surface area contributed by atoms with Gasteiger partial charge >= 0.3 is 0 Å². The SMILES string of the molecule is Cc1ccccc1CCC(=O)N(C)[C@@H]1CNC[C@H]1O. The molecule has 19 heavy (non-hydrogen) atoms. The van der Waals surface area contributed by atoms with Crippen molar-refractivity contribution < 1.29 is 9.90 Å². The van der Waals surface area contributed by atoms with Gasteiger partial charge in [-0.1, -0.05) is 24.3 Å². The Morgan fingerprint density at radius 2 is 2.16 bits per heavy atom. The molecule has 1 aromatic rings. The number of nitrogens with one attached hydrogen (secondary N) is 1. The first-order valence-electron chi connectivity index (χ1n) is 6.78. The molecule has 0 radical (unpaired) electrons. The van der Waals surface area contributed by atoms with Gasteiger partial charge < -0.3 is 15.3 Å². The summed E-state index contributed by atoms with van der Waals surface area (Å²) >= 11 is 0. The van der Waals surface area contributed by atoms with Gasteiger partial charge in [-0.05, 0) is 24.5 Å². The first kappa shape index (κ1) is 14.0. The van der Waals surface area contributed by atoms with E-state index in [1.807, 2.05) is 12.1 Å². The van der Waals surface area contributed by atoms with Crippen LogP contribution in [0.25, 0.3) is 0 Å². The van der Waals surface area contributed by atoms with Crippen molar-refractivity contribution in [3.05, 3.63) is 35.4 Å². The zero-order valence-corrected chi connectivity index (χ0v) is 11.6. The number of hydrogen-bond donors (Lipinski definition) is 2. The lowest BCUT2D eigenvalue weighted by atomic mass is 10.0. The fourth-order valence-electron chi connectivity index (χ4n) is 2.54. The van der Waals surface area contributed by atoms with E-state index in [0.717, 1.165) is 6.42 Å². The number of aliphatic hydroxyl groups is 1. The van der Waals surface area contributed by atoms with Crippen LogP contribution in [0, 0.1) is 6.92 Å². The molecule has 2 rings (SSSR count). The van der Waals surface area contributed by atoms with Crippen LogP contribution in [-0.4, -0.2) is 48.2 Å². The number of carbonyl (C=O) groups is 1. The predicted molar refractivity (Wildman–Crippen MR) is 74.9 cm³/mol. The minimum atomic E-state index is -0.451. The number of aryl methyl sites for hydroxylation is 2. The topological polar surface area (TPSA) is 52.6 Å². The normalized spacial score (nSPS) is 22.5. The summed E-state index contributed by atoms with van der Waals surface area (Å²) in [7, 11) is 1.78. The second-order valence-corrected chi connectivity index (χ2v) is 5.22. The van der Waals surface area contributed by atoms with E-state index in [0.29, 0.717) is 19.5 Å². The second kappa shape index (κ2) is 6.17. The summed E-state index contributed by atoms with van der Waals surface area (Å²) < 4.78 is 0. The number of likely N-dealkylation sites (N-methyl/N-ethyl adjacent to an activating group) is 1. The quantitative estimate of drug-likeness (QED) is 0.840. The van der Waals surface area contributed by atoms with Gasteiger partial charge in [-0.2, -0.15) is 0 Å². The summed E-state index contributed by atoms with van der Waals surface area (Å²) in [6.07, 6.45) is 0.795. The lowest BCUT2D eigenvalue weighted by Gasteiger charge is -2.26. The maximum absolute atomic E-state index is 12.1. The number of aliphatic hydroxyl groups excluding tert-OH is 1. The molecule has 0 aromatic heterocycles. The predicted octanol–water partition coefficient (Wildman–Crippen LogP) is 0.719. The van der Waals surface area contributed by atoms with Crippen LogP contribution in [0.5, 0.6) is 0 Å². The third kappa shape index (κ3) is 3.33. The number of rotatable bonds is 4. The molecule has 104 valence electrons. The first-order chi connectivity index (χ1) is 9.09. The Morgan fingerprint density at radius 1 is 1.42 bits per heavy atom. The van der Waals surface area contributed by atoms with Gasteiger partial charge in [-0.25, -0.2) is 0 Å². The highest BCUT2D eigenvalue weighted by Crippen LogP contribution is 2.13. The van der Waals surface area contributed by atoms with Crippen molar-refractivity contribution in [3.8, 4) is 0 Å². The molecule has 1 aliphatic heterocycles. The van der Waals surface area contributed by atoms with Gasteiger partial charge in [0, 0.05) is 26.6 Å². The molecule has 4 nitrogen and oxygen atoms in total. The molecule has 1 aliphatic rings. The number of amides is 1. The molecule has 1 fully saturated rings. The van der Waals surface area contributed by atoms with E-state index in [-0.39, 0.29) is 11.9 Å². The number of carbonyl (C=O) groups excluding carboxylic acids is 1. The van der Waals surface area contributed by atoms with Gasteiger partial charge in [0.1, 0.15) is 0 Å². The van der Waals surface area contributed by atoms with Gasteiger partial charge in [0.15, 0.2) is 0 Å². The lowest BCUT2D eigenvalue weighted by Crippen LogP contribution is -2.44. The maximum atomic E-state index is 12.1. The highest BCUT2D eigenvalue weighted by atomic mass is 16.3. The summed E-state index contributed by atoms with van der Waals surface area (Å²) in [5, 5.41) is 12.9. The van der Waals surface area contributed by atoms with Crippen LogP contribution in [-0.2, 0) is 11.2 Å². The largest absolute Gasteiger partial charge is 0.390 e. The van der Waals surface area contributed by atoms with Crippen LogP contribution >= 0.6 is 0 Å². The van der Waals surface area contributed by atoms with Crippen LogP contribution in [0.4, 0.5) is 0 Å². The monoisotopic (exact) mass is 262 g/mol. The van der Waals surface area contributed by atoms with E-state index in [1.54, 1.807) is 11.9 Å². The molecular formula is C15H22N2O2. The molecule has 1 saturated heterocycles. The Balaban J connectivity index is 1.89. The molecule has 1 amide bonds. The number of benzene rings is 1. The van der Waals surface area contributed by atoms with Crippen LogP contribution in [0.2, 0.25) is 0 Å². The summed E-state index contributed by atoms with van der Waals surface area (Å²) in [5.74, 6) is 0.0935. The molecule has 2 atom stereocenters. The number of hydrogen-bond acceptors (Lipinski definition) is 3. The molecule has 0 aliphatic carbocycles. The standard InChI is InChI=1S/C15H22N2O2/c1-11-5-3-4-6-12(11)7-8-15(19)17(2)13-9-16-10-14(13)18/h3-6,13-14,16,18H,7-10H2,1-2H3/t13-,14-/m1/s1. The van der Waals surface area contributed by atoms with E-state index in [1.165, 1.54) is 11.1 Å². The van der Waals surface area contributed by atoms with Crippen LogP contribution in [0.3, 0.4) is 0 Å². The van der Waals surface area contributed by atoms with E-state index in [2.05, 4.69) is 24.4 Å². The van der Waals surface area contributed by atoms with Crippen molar-refractivity contribution in [2.75, 3.05) is 20.1 Å². The zero-order chi connectivity index (χ0) is 13.8. The van der Waals surface area contributed by atoms with E-state index < -0.39 is 6.10 Å². The molecule has 4 heteroatoms. The Hall–Kier alpha value is -1.39. The van der Waals surface area contributed by atoms with E-state index in [4.69, 9.17) is 0 Å². The van der Waals surface area contributed by atoms with Crippen molar-refractivity contribution in [3.63, 3.8) is 0 Å². The van der Waals surface area contributed by atoms with Crippen molar-refractivity contribution in [2.24, 2.45) is 0 Å². The fourth-order valence-corrected chi connectivity index (χ4v) is 2.54. The average molecular weight is 262 g/mol. The second-order valence-electron chi connectivity index (χ2n) is 5.22. The van der Waals surface area contributed by atoms with Crippen LogP contribution in [0.1, 0.15) is 17.5 Å². The Kier molecular flexibility index (Phi) is 4.56. The summed E-state index contributed by atoms with van der Waals surface area (Å²) in [4.78, 5) is 13.8. The van der Waals surface area contributed by atoms with Crippen LogP contribution < -0.4 is 5.32 Å². The molecule has 1 aromatic carbocycles. The maximum Gasteiger partial charge on any atom is 0.223 e. The van der Waals surface area contributed by atoms with E-state index in [9.17, 15) is 9.90 Å². The van der Waals surface area contributed by atoms with Gasteiger partial charge in [0.2, 0.25) is 5.91 Å². The summed E-state index contributed by atoms with van der Waals surface area (Å²) in [5.41, 5.74) is 2.44. The molecular weight excluding hydrogens is 240 g/mol. The minimum absolute atomic E-state index is 0.0932. The minimum Gasteiger partial charge on any atom is -0.390 e. The van der Waals surface area contributed by atoms with Crippen molar-refractivity contribution in [1.29, 1.82) is 0 Å². The highest BCUT2D eigenvalue weighted by molar-refractivity contribution is 5.76. The van der Waals surface area contributed by atoms with Crippen molar-refractivity contribution >= 4 is 5.91 Å². The highest BCUT2D eigenvalue weighted by Gasteiger charge is 2.30. The molecule has 0 unspecified atom stereocenters. The van der Waals surface area contributed by atoms with E-state index >= 15 is 0 Å². The smallest absolute Gasteiger partial charge is 0.223 e. The third-order valence-electron chi connectivity index (χ3n) is 3.91. The number of nitrogens with zero attached hydrogens (tertiary/aromatic N) is 1. The Bertz CT molecular complexity index is 448. The van der Waals surface area contributed by atoms with Crippen molar-refractivity contribution in [2.45, 2.75) is 31.9 Å². The first-order valence-corrected chi connectivity index (χ1v) is 6.78. The van der Waals surface area contributed by atoms with Crippen LogP contribution in [0.15, 0.2) is 24.3 Å². The average Bonchev–Trinajstić information content (AvgIpc) is 2.83. The van der Waals surface area contributed by atoms with Gasteiger partial charge in [-0.3, -0.25) is 4.79 Å². The number of β-amino-alcohol motifs (C(OH)–C–C–N with tert-alkyl or cyclic N) is 1. The van der Waals surface area contributed by atoms with Gasteiger partial charge in [0.05, 0.1) is 12.1 Å². The molecule has 0 spiro atoms. The lowest BCUT2D eigenvalue weighted by molar-refractivity contribution is -0.133. The molecule has 0 bridgehead atoms. The third-order valence-corrected chi connectivity index (χ3v) is 3.91. The Labute approximate surface area is 114 Å². The molecule has 2 N–H and O–H groups in total. The summed E-state index contributed by atoms with van der Waals surface area (Å²) in [6, 6.07) is 8.04. The van der Waals surface area contributed by atoms with Gasteiger partial charge in [-0.15, -0.1) is 0 Å². The molecule has 0 saturated carbocycles. The molecule has 1 heterocycles. The Morgan fingerprint density at radius 3 is 2.79 bits per heavy atom.